The molecule has 0 saturated heterocycles. The highest BCUT2D eigenvalue weighted by Crippen LogP contribution is 2.21. The van der Waals surface area contributed by atoms with Crippen LogP contribution in [-0.4, -0.2) is 18.4 Å². The van der Waals surface area contributed by atoms with E-state index in [0.717, 1.165) is 5.56 Å². The number of sulfonamides is 1. The lowest BCUT2D eigenvalue weighted by Crippen LogP contribution is -2.29. The van der Waals surface area contributed by atoms with E-state index in [4.69, 9.17) is 0 Å². The molecule has 0 radical (unpaired) electrons. The summed E-state index contributed by atoms with van der Waals surface area (Å²) in [5.74, 6) is 0.352. The quantitative estimate of drug-likeness (QED) is 0.620. The van der Waals surface area contributed by atoms with Crippen LogP contribution in [0.1, 0.15) is 25.3 Å². The van der Waals surface area contributed by atoms with Crippen molar-refractivity contribution in [3.63, 3.8) is 0 Å². The summed E-state index contributed by atoms with van der Waals surface area (Å²) >= 11 is 0. The molecule has 0 atom stereocenters. The van der Waals surface area contributed by atoms with Crippen molar-refractivity contribution in [1.82, 2.24) is 9.97 Å². The number of aromatic amines is 2. The van der Waals surface area contributed by atoms with Gasteiger partial charge in [-0.1, -0.05) is 26.0 Å². The second-order valence-corrected chi connectivity index (χ2v) is 7.68. The fourth-order valence-corrected chi connectivity index (χ4v) is 3.50. The third-order valence-electron chi connectivity index (χ3n) is 3.83. The first-order valence-electron chi connectivity index (χ1n) is 7.65. The number of anilines is 1. The predicted molar refractivity (Wildman–Crippen MR) is 96.5 cm³/mol. The molecule has 130 valence electrons. The molecule has 7 nitrogen and oxygen atoms in total. The number of aromatic nitrogens is 2. The van der Waals surface area contributed by atoms with E-state index in [9.17, 15) is 18.0 Å². The van der Waals surface area contributed by atoms with Crippen molar-refractivity contribution < 1.29 is 8.42 Å². The lowest BCUT2D eigenvalue weighted by atomic mass is 10.0. The second-order valence-electron chi connectivity index (χ2n) is 6.00. The summed E-state index contributed by atoms with van der Waals surface area (Å²) in [6, 6.07) is 11.2. The maximum atomic E-state index is 12.5. The van der Waals surface area contributed by atoms with Crippen LogP contribution in [0.5, 0.6) is 0 Å². The second kappa shape index (κ2) is 6.21. The van der Waals surface area contributed by atoms with Crippen LogP contribution in [0.25, 0.3) is 11.0 Å². The van der Waals surface area contributed by atoms with Gasteiger partial charge in [-0.2, -0.15) is 0 Å². The largest absolute Gasteiger partial charge is 0.316 e. The number of H-pyrrole nitrogens is 2. The number of rotatable bonds is 4. The van der Waals surface area contributed by atoms with Gasteiger partial charge in [-0.15, -0.1) is 0 Å². The van der Waals surface area contributed by atoms with Crippen LogP contribution in [-0.2, 0) is 10.0 Å². The smallest absolute Gasteiger partial charge is 0.314 e. The maximum Gasteiger partial charge on any atom is 0.314 e. The molecule has 3 N–H and O–H groups in total. The monoisotopic (exact) mass is 359 g/mol. The molecule has 0 saturated carbocycles. The van der Waals surface area contributed by atoms with Gasteiger partial charge in [-0.05, 0) is 41.8 Å². The Kier molecular flexibility index (Phi) is 4.22. The van der Waals surface area contributed by atoms with Gasteiger partial charge < -0.3 is 9.97 Å². The van der Waals surface area contributed by atoms with Gasteiger partial charge in [0.2, 0.25) is 0 Å². The van der Waals surface area contributed by atoms with E-state index < -0.39 is 21.1 Å². The number of hydrogen-bond acceptors (Lipinski definition) is 4. The fraction of sp³-hybridized carbons (Fsp3) is 0.176. The van der Waals surface area contributed by atoms with Crippen LogP contribution in [0.3, 0.4) is 0 Å². The average Bonchev–Trinajstić information content (AvgIpc) is 2.55. The first-order chi connectivity index (χ1) is 11.8. The first-order valence-corrected chi connectivity index (χ1v) is 9.14. The third-order valence-corrected chi connectivity index (χ3v) is 5.21. The van der Waals surface area contributed by atoms with Crippen molar-refractivity contribution in [2.45, 2.75) is 24.7 Å². The Hall–Kier alpha value is -2.87. The summed E-state index contributed by atoms with van der Waals surface area (Å²) in [5.41, 5.74) is 0.521. The predicted octanol–water partition coefficient (Wildman–Crippen LogP) is 2.14. The molecule has 0 spiro atoms. The van der Waals surface area contributed by atoms with Gasteiger partial charge in [-0.25, -0.2) is 8.42 Å². The Labute approximate surface area is 143 Å². The fourth-order valence-electron chi connectivity index (χ4n) is 2.41. The number of benzene rings is 2. The molecule has 0 aliphatic heterocycles. The Morgan fingerprint density at radius 3 is 2.08 bits per heavy atom. The molecular weight excluding hydrogens is 342 g/mol. The Bertz CT molecular complexity index is 1140. The topological polar surface area (TPSA) is 112 Å². The van der Waals surface area contributed by atoms with Crippen molar-refractivity contribution in [3.05, 3.63) is 68.7 Å². The Morgan fingerprint density at radius 2 is 1.48 bits per heavy atom. The van der Waals surface area contributed by atoms with Gasteiger partial charge in [0.25, 0.3) is 10.0 Å². The molecule has 0 amide bonds. The van der Waals surface area contributed by atoms with Crippen LogP contribution < -0.4 is 15.8 Å². The van der Waals surface area contributed by atoms with Crippen LogP contribution in [0, 0.1) is 0 Å². The van der Waals surface area contributed by atoms with Crippen LogP contribution in [0.4, 0.5) is 5.69 Å². The highest BCUT2D eigenvalue weighted by atomic mass is 32.2. The summed E-state index contributed by atoms with van der Waals surface area (Å²) in [4.78, 5) is 27.4. The third kappa shape index (κ3) is 3.48. The Morgan fingerprint density at radius 1 is 0.880 bits per heavy atom. The summed E-state index contributed by atoms with van der Waals surface area (Å²) < 4.78 is 27.6. The molecule has 0 unspecified atom stereocenters. The van der Waals surface area contributed by atoms with Gasteiger partial charge >= 0.3 is 11.1 Å². The van der Waals surface area contributed by atoms with E-state index in [1.165, 1.54) is 18.2 Å². The normalized spacial score (nSPS) is 11.8. The zero-order valence-electron chi connectivity index (χ0n) is 13.7. The van der Waals surface area contributed by atoms with E-state index in [1.54, 1.807) is 12.1 Å². The van der Waals surface area contributed by atoms with Crippen molar-refractivity contribution in [2.75, 3.05) is 4.72 Å². The zero-order valence-corrected chi connectivity index (χ0v) is 14.5. The van der Waals surface area contributed by atoms with E-state index >= 15 is 0 Å². The van der Waals surface area contributed by atoms with Crippen molar-refractivity contribution in [1.29, 1.82) is 0 Å². The minimum absolute atomic E-state index is 0.0179. The molecule has 3 aromatic rings. The molecule has 0 bridgehead atoms. The summed E-state index contributed by atoms with van der Waals surface area (Å²) in [5, 5.41) is 0. The molecule has 25 heavy (non-hydrogen) atoms. The van der Waals surface area contributed by atoms with E-state index in [1.807, 2.05) is 12.1 Å². The van der Waals surface area contributed by atoms with Crippen molar-refractivity contribution in [3.8, 4) is 0 Å². The highest BCUT2D eigenvalue weighted by Gasteiger charge is 2.15. The van der Waals surface area contributed by atoms with E-state index in [0.29, 0.717) is 17.1 Å². The van der Waals surface area contributed by atoms with Crippen molar-refractivity contribution in [2.24, 2.45) is 0 Å². The van der Waals surface area contributed by atoms with Gasteiger partial charge in [0.1, 0.15) is 0 Å². The summed E-state index contributed by atoms with van der Waals surface area (Å²) in [7, 11) is -3.82. The minimum Gasteiger partial charge on any atom is -0.316 e. The molecule has 0 aliphatic rings. The number of hydrogen-bond donors (Lipinski definition) is 3. The summed E-state index contributed by atoms with van der Waals surface area (Å²) in [6.45, 7) is 4.11. The average molecular weight is 359 g/mol. The SMILES string of the molecule is CC(C)c1ccc(NS(=O)(=O)c2ccc3[nH]c(=O)c(=O)[nH]c3c2)cc1. The molecule has 3 rings (SSSR count). The van der Waals surface area contributed by atoms with Crippen molar-refractivity contribution >= 4 is 26.7 Å². The van der Waals surface area contributed by atoms with E-state index in [-0.39, 0.29) is 10.4 Å². The first kappa shape index (κ1) is 17.0. The lowest BCUT2D eigenvalue weighted by Gasteiger charge is -2.10. The maximum absolute atomic E-state index is 12.5. The molecule has 0 aliphatic carbocycles. The molecule has 1 heterocycles. The zero-order chi connectivity index (χ0) is 18.2. The summed E-state index contributed by atoms with van der Waals surface area (Å²) in [6.07, 6.45) is 0. The standard InChI is InChI=1S/C17H17N3O4S/c1-10(2)11-3-5-12(6-4-11)20-25(23,24)13-7-8-14-15(9-13)19-17(22)16(21)18-14/h3-10,20H,1-2H3,(H,18,21)(H,19,22). The highest BCUT2D eigenvalue weighted by molar-refractivity contribution is 7.92. The van der Waals surface area contributed by atoms with Crippen LogP contribution >= 0.6 is 0 Å². The Balaban J connectivity index is 1.96. The van der Waals surface area contributed by atoms with E-state index in [2.05, 4.69) is 28.5 Å². The molecule has 2 aromatic carbocycles. The molecular formula is C17H17N3O4S. The number of nitrogens with one attached hydrogen (secondary N) is 3. The lowest BCUT2D eigenvalue weighted by molar-refractivity contribution is 0.601. The number of fused-ring (bicyclic) bond motifs is 1. The molecule has 1 aromatic heterocycles. The van der Waals surface area contributed by atoms with Gasteiger partial charge in [0.05, 0.1) is 15.9 Å². The van der Waals surface area contributed by atoms with Gasteiger partial charge in [0, 0.05) is 5.69 Å². The minimum atomic E-state index is -3.82. The van der Waals surface area contributed by atoms with Crippen LogP contribution in [0.15, 0.2) is 56.9 Å². The molecule has 8 heteroatoms. The molecule has 0 fully saturated rings. The van der Waals surface area contributed by atoms with Gasteiger partial charge in [0.15, 0.2) is 0 Å². The van der Waals surface area contributed by atoms with Crippen LogP contribution in [0.2, 0.25) is 0 Å². The van der Waals surface area contributed by atoms with Gasteiger partial charge in [-0.3, -0.25) is 14.3 Å².